The number of nitrogens with zero attached hydrogens (tertiary/aromatic N) is 1. The van der Waals surface area contributed by atoms with E-state index < -0.39 is 11.7 Å². The van der Waals surface area contributed by atoms with Crippen LogP contribution in [0.5, 0.6) is 0 Å². The van der Waals surface area contributed by atoms with Crippen LogP contribution in [0.3, 0.4) is 0 Å². The van der Waals surface area contributed by atoms with Crippen molar-refractivity contribution in [2.24, 2.45) is 0 Å². The van der Waals surface area contributed by atoms with Crippen molar-refractivity contribution in [2.75, 3.05) is 13.7 Å². The van der Waals surface area contributed by atoms with E-state index in [1.807, 2.05) is 0 Å². The normalized spacial score (nSPS) is 19.1. The van der Waals surface area contributed by atoms with Crippen LogP contribution in [0, 0.1) is 0 Å². The van der Waals surface area contributed by atoms with Crippen LogP contribution < -0.4 is 5.32 Å². The molecule has 0 aromatic rings. The van der Waals surface area contributed by atoms with Gasteiger partial charge >= 0.3 is 0 Å². The maximum Gasteiger partial charge on any atom is 0.282 e. The van der Waals surface area contributed by atoms with Gasteiger partial charge in [-0.05, 0) is 0 Å². The highest BCUT2D eigenvalue weighted by atomic mass is 19.1. The monoisotopic (exact) mass is 130 g/mol. The van der Waals surface area contributed by atoms with E-state index in [1.54, 1.807) is 11.9 Å². The third-order valence-corrected chi connectivity index (χ3v) is 1.04. The van der Waals surface area contributed by atoms with Gasteiger partial charge in [0.05, 0.1) is 6.67 Å². The lowest BCUT2D eigenvalue weighted by molar-refractivity contribution is -0.120. The van der Waals surface area contributed by atoms with E-state index >= 15 is 0 Å². The molecule has 50 valence electrons. The highest BCUT2D eigenvalue weighted by molar-refractivity contribution is 5.91. The molecule has 3 nitrogen and oxygen atoms in total. The molecular formula is C5H7FN2O. The summed E-state index contributed by atoms with van der Waals surface area (Å²) >= 11 is 0. The van der Waals surface area contributed by atoms with Crippen LogP contribution in [0.4, 0.5) is 4.39 Å². The third-order valence-electron chi connectivity index (χ3n) is 1.04. The Balaban J connectivity index is 2.72. The molecule has 0 bridgehead atoms. The molecule has 4 heteroatoms. The lowest BCUT2D eigenvalue weighted by Crippen LogP contribution is -2.37. The Morgan fingerprint density at radius 1 is 1.89 bits per heavy atom. The van der Waals surface area contributed by atoms with Crippen LogP contribution >= 0.6 is 0 Å². The van der Waals surface area contributed by atoms with Crippen LogP contribution in [-0.2, 0) is 4.79 Å². The molecule has 0 aromatic heterocycles. The van der Waals surface area contributed by atoms with Gasteiger partial charge in [0.25, 0.3) is 5.91 Å². The molecule has 0 unspecified atom stereocenters. The van der Waals surface area contributed by atoms with Gasteiger partial charge in [-0.2, -0.15) is 4.39 Å². The molecule has 1 amide bonds. The maximum atomic E-state index is 12.2. The van der Waals surface area contributed by atoms with Crippen molar-refractivity contribution in [2.45, 2.75) is 0 Å². The van der Waals surface area contributed by atoms with Gasteiger partial charge < -0.3 is 10.2 Å². The zero-order chi connectivity index (χ0) is 6.85. The SMILES string of the molecule is CN1C=C(F)C(=O)NC1. The second kappa shape index (κ2) is 2.05. The molecule has 9 heavy (non-hydrogen) atoms. The molecule has 1 aliphatic heterocycles. The van der Waals surface area contributed by atoms with Crippen molar-refractivity contribution in [3.05, 3.63) is 12.0 Å². The van der Waals surface area contributed by atoms with E-state index in [0.29, 0.717) is 6.67 Å². The number of carbonyl (C=O) groups is 1. The van der Waals surface area contributed by atoms with Gasteiger partial charge in [0.1, 0.15) is 0 Å². The molecule has 0 radical (unpaired) electrons. The van der Waals surface area contributed by atoms with Crippen LogP contribution in [0.1, 0.15) is 0 Å². The van der Waals surface area contributed by atoms with Crippen molar-refractivity contribution in [1.82, 2.24) is 10.2 Å². The van der Waals surface area contributed by atoms with Crippen LogP contribution in [0.2, 0.25) is 0 Å². The second-order valence-electron chi connectivity index (χ2n) is 1.90. The molecule has 1 heterocycles. The molecule has 0 atom stereocenters. The fraction of sp³-hybridized carbons (Fsp3) is 0.400. The average molecular weight is 130 g/mol. The van der Waals surface area contributed by atoms with Crippen molar-refractivity contribution in [3.8, 4) is 0 Å². The quantitative estimate of drug-likeness (QED) is 0.493. The summed E-state index contributed by atoms with van der Waals surface area (Å²) in [7, 11) is 1.68. The van der Waals surface area contributed by atoms with Crippen molar-refractivity contribution >= 4 is 5.91 Å². The van der Waals surface area contributed by atoms with E-state index in [1.165, 1.54) is 6.20 Å². The predicted octanol–water partition coefficient (Wildman–Crippen LogP) is -0.184. The van der Waals surface area contributed by atoms with E-state index in [2.05, 4.69) is 5.32 Å². The van der Waals surface area contributed by atoms with E-state index in [-0.39, 0.29) is 0 Å². The van der Waals surface area contributed by atoms with Crippen molar-refractivity contribution < 1.29 is 9.18 Å². The van der Waals surface area contributed by atoms with Gasteiger partial charge in [-0.3, -0.25) is 4.79 Å². The lowest BCUT2D eigenvalue weighted by Gasteiger charge is -2.18. The van der Waals surface area contributed by atoms with Gasteiger partial charge in [0.2, 0.25) is 5.83 Å². The summed E-state index contributed by atoms with van der Waals surface area (Å²) in [5.74, 6) is -1.36. The molecule has 0 spiro atoms. The Morgan fingerprint density at radius 2 is 2.56 bits per heavy atom. The summed E-state index contributed by atoms with van der Waals surface area (Å²) < 4.78 is 12.2. The first kappa shape index (κ1) is 6.07. The molecule has 0 fully saturated rings. The number of carbonyl (C=O) groups excluding carboxylic acids is 1. The predicted molar refractivity (Wildman–Crippen MR) is 30.0 cm³/mol. The standard InChI is InChI=1S/C5H7FN2O/c1-8-2-4(6)5(9)7-3-8/h2H,3H2,1H3,(H,7,9). The molecule has 1 rings (SSSR count). The Hall–Kier alpha value is -1.06. The van der Waals surface area contributed by atoms with Crippen LogP contribution in [0.25, 0.3) is 0 Å². The summed E-state index contributed by atoms with van der Waals surface area (Å²) in [4.78, 5) is 11.9. The Kier molecular flexibility index (Phi) is 1.38. The molecule has 0 aliphatic carbocycles. The van der Waals surface area contributed by atoms with Crippen molar-refractivity contribution in [3.63, 3.8) is 0 Å². The Morgan fingerprint density at radius 3 is 3.00 bits per heavy atom. The number of hydrogen-bond acceptors (Lipinski definition) is 2. The number of halogens is 1. The first-order valence-corrected chi connectivity index (χ1v) is 2.56. The van der Waals surface area contributed by atoms with Crippen LogP contribution in [-0.4, -0.2) is 24.5 Å². The molecule has 1 aliphatic rings. The van der Waals surface area contributed by atoms with Gasteiger partial charge in [-0.15, -0.1) is 0 Å². The van der Waals surface area contributed by atoms with E-state index in [9.17, 15) is 9.18 Å². The van der Waals surface area contributed by atoms with Crippen molar-refractivity contribution in [1.29, 1.82) is 0 Å². The van der Waals surface area contributed by atoms with Gasteiger partial charge in [0, 0.05) is 13.2 Å². The number of hydrogen-bond donors (Lipinski definition) is 1. The van der Waals surface area contributed by atoms with Gasteiger partial charge in [0.15, 0.2) is 0 Å². The zero-order valence-electron chi connectivity index (χ0n) is 5.02. The first-order chi connectivity index (χ1) is 4.20. The Labute approximate surface area is 52.1 Å². The lowest BCUT2D eigenvalue weighted by atomic mass is 10.4. The number of rotatable bonds is 0. The molecule has 0 saturated carbocycles. The minimum absolute atomic E-state index is 0.381. The maximum absolute atomic E-state index is 12.2. The highest BCUT2D eigenvalue weighted by Gasteiger charge is 2.13. The van der Waals surface area contributed by atoms with Gasteiger partial charge in [-0.1, -0.05) is 0 Å². The first-order valence-electron chi connectivity index (χ1n) is 2.56. The van der Waals surface area contributed by atoms with Gasteiger partial charge in [-0.25, -0.2) is 0 Å². The third kappa shape index (κ3) is 1.19. The van der Waals surface area contributed by atoms with E-state index in [4.69, 9.17) is 0 Å². The molecule has 0 aromatic carbocycles. The largest absolute Gasteiger partial charge is 0.360 e. The summed E-state index contributed by atoms with van der Waals surface area (Å²) in [6.07, 6.45) is 1.17. The van der Waals surface area contributed by atoms with E-state index in [0.717, 1.165) is 0 Å². The summed E-state index contributed by atoms with van der Waals surface area (Å²) in [5, 5.41) is 2.33. The second-order valence-corrected chi connectivity index (χ2v) is 1.90. The minimum Gasteiger partial charge on any atom is -0.360 e. The molecule has 0 saturated heterocycles. The Bertz CT molecular complexity index is 166. The highest BCUT2D eigenvalue weighted by Crippen LogP contribution is 2.01. The topological polar surface area (TPSA) is 32.3 Å². The molecule has 1 N–H and O–H groups in total. The minimum atomic E-state index is -0.733. The number of amides is 1. The molecular weight excluding hydrogens is 123 g/mol. The zero-order valence-corrected chi connectivity index (χ0v) is 5.02. The summed E-state index contributed by atoms with van der Waals surface area (Å²) in [6.45, 7) is 0.381. The number of nitrogens with one attached hydrogen (secondary N) is 1. The summed E-state index contributed by atoms with van der Waals surface area (Å²) in [5.41, 5.74) is 0. The van der Waals surface area contributed by atoms with Crippen LogP contribution in [0.15, 0.2) is 12.0 Å². The fourth-order valence-electron chi connectivity index (χ4n) is 0.579. The fourth-order valence-corrected chi connectivity index (χ4v) is 0.579. The summed E-state index contributed by atoms with van der Waals surface area (Å²) in [6, 6.07) is 0. The smallest absolute Gasteiger partial charge is 0.282 e. The average Bonchev–Trinajstić information content (AvgIpc) is 1.80.